The van der Waals surface area contributed by atoms with Gasteiger partial charge in [-0.1, -0.05) is 12.1 Å². The van der Waals surface area contributed by atoms with Crippen LogP contribution in [0.4, 0.5) is 5.69 Å². The molecule has 1 aliphatic heterocycles. The van der Waals surface area contributed by atoms with Crippen LogP contribution in [0.3, 0.4) is 0 Å². The molecule has 2 N–H and O–H groups in total. The van der Waals surface area contributed by atoms with Gasteiger partial charge in [-0.3, -0.25) is 5.43 Å². The molecule has 0 unspecified atom stereocenters. The summed E-state index contributed by atoms with van der Waals surface area (Å²) in [6.07, 6.45) is 0. The Bertz CT molecular complexity index is 792. The minimum Gasteiger partial charge on any atom is -0.495 e. The number of fused-ring (bicyclic) bond motifs is 1. The van der Waals surface area contributed by atoms with Crippen molar-refractivity contribution in [2.75, 3.05) is 19.2 Å². The van der Waals surface area contributed by atoms with Gasteiger partial charge >= 0.3 is 0 Å². The van der Waals surface area contributed by atoms with Gasteiger partial charge in [-0.05, 0) is 49.5 Å². The Labute approximate surface area is 145 Å². The third-order valence-electron chi connectivity index (χ3n) is 3.47. The number of benzene rings is 2. The number of thiocarbonyl (C=S) groups is 1. The molecule has 0 radical (unpaired) electrons. The maximum absolute atomic E-state index is 5.37. The van der Waals surface area contributed by atoms with Crippen LogP contribution < -0.4 is 25.0 Å². The minimum atomic E-state index is 0.250. The summed E-state index contributed by atoms with van der Waals surface area (Å²) in [5.41, 5.74) is 5.30. The molecule has 0 spiro atoms. The van der Waals surface area contributed by atoms with Crippen LogP contribution >= 0.6 is 12.2 Å². The van der Waals surface area contributed by atoms with Crippen LogP contribution in [0.1, 0.15) is 12.5 Å². The quantitative estimate of drug-likeness (QED) is 0.505. The number of hydrogen-bond donors (Lipinski definition) is 2. The van der Waals surface area contributed by atoms with E-state index < -0.39 is 0 Å². The fourth-order valence-electron chi connectivity index (χ4n) is 2.22. The number of hydrazone groups is 1. The fourth-order valence-corrected chi connectivity index (χ4v) is 2.37. The summed E-state index contributed by atoms with van der Waals surface area (Å²) in [5, 5.41) is 7.73. The molecule has 0 aliphatic carbocycles. The zero-order valence-electron chi connectivity index (χ0n) is 13.3. The van der Waals surface area contributed by atoms with E-state index in [1.165, 1.54) is 0 Å². The first kappa shape index (κ1) is 16.1. The van der Waals surface area contributed by atoms with Crippen molar-refractivity contribution in [2.45, 2.75) is 6.92 Å². The summed E-state index contributed by atoms with van der Waals surface area (Å²) in [4.78, 5) is 0. The number of rotatable bonds is 4. The Hall–Kier alpha value is -2.80. The van der Waals surface area contributed by atoms with Crippen LogP contribution in [0.5, 0.6) is 17.2 Å². The van der Waals surface area contributed by atoms with E-state index >= 15 is 0 Å². The maximum atomic E-state index is 5.37. The Morgan fingerprint density at radius 1 is 1.17 bits per heavy atom. The van der Waals surface area contributed by atoms with Crippen molar-refractivity contribution in [1.29, 1.82) is 0 Å². The number of anilines is 1. The lowest BCUT2D eigenvalue weighted by molar-refractivity contribution is 0.174. The van der Waals surface area contributed by atoms with Gasteiger partial charge in [0.05, 0.1) is 18.5 Å². The number of methoxy groups -OCH3 is 1. The number of nitrogens with one attached hydrogen (secondary N) is 2. The predicted octanol–water partition coefficient (Wildman–Crippen LogP) is 3.13. The first-order chi connectivity index (χ1) is 11.7. The van der Waals surface area contributed by atoms with Crippen molar-refractivity contribution in [3.63, 3.8) is 0 Å². The molecule has 0 saturated carbocycles. The summed E-state index contributed by atoms with van der Waals surface area (Å²) in [6, 6.07) is 13.2. The van der Waals surface area contributed by atoms with Gasteiger partial charge in [0, 0.05) is 5.56 Å². The maximum Gasteiger partial charge on any atom is 0.231 e. The van der Waals surface area contributed by atoms with Crippen molar-refractivity contribution in [2.24, 2.45) is 5.10 Å². The molecule has 124 valence electrons. The molecule has 0 bridgehead atoms. The molecule has 3 rings (SSSR count). The average Bonchev–Trinajstić information content (AvgIpc) is 3.07. The smallest absolute Gasteiger partial charge is 0.231 e. The minimum absolute atomic E-state index is 0.250. The number of nitrogens with zero attached hydrogens (tertiary/aromatic N) is 1. The molecule has 0 saturated heterocycles. The van der Waals surface area contributed by atoms with Crippen LogP contribution in [0.15, 0.2) is 47.6 Å². The standard InChI is InChI=1S/C17H17N3O3S/c1-11(12-7-8-15-16(9-12)23-10-22-15)19-20-17(24)18-13-5-3-4-6-14(13)21-2/h3-9H,10H2,1-2H3,(H2,18,20,24)/b19-11+. The first-order valence-electron chi connectivity index (χ1n) is 7.31. The zero-order chi connectivity index (χ0) is 16.9. The molecule has 6 nitrogen and oxygen atoms in total. The van der Waals surface area contributed by atoms with Crippen LogP contribution in [0.2, 0.25) is 0 Å². The monoisotopic (exact) mass is 343 g/mol. The molecule has 24 heavy (non-hydrogen) atoms. The van der Waals surface area contributed by atoms with Crippen molar-refractivity contribution in [3.05, 3.63) is 48.0 Å². The van der Waals surface area contributed by atoms with Gasteiger partial charge in [-0.2, -0.15) is 5.10 Å². The van der Waals surface area contributed by atoms with Gasteiger partial charge in [-0.25, -0.2) is 0 Å². The number of hydrogen-bond acceptors (Lipinski definition) is 5. The molecule has 0 amide bonds. The SMILES string of the molecule is COc1ccccc1NC(=S)N/N=C(\C)c1ccc2c(c1)OCO2. The highest BCUT2D eigenvalue weighted by molar-refractivity contribution is 7.80. The Morgan fingerprint density at radius 3 is 2.79 bits per heavy atom. The largest absolute Gasteiger partial charge is 0.495 e. The van der Waals surface area contributed by atoms with Crippen molar-refractivity contribution < 1.29 is 14.2 Å². The lowest BCUT2D eigenvalue weighted by Gasteiger charge is -2.11. The van der Waals surface area contributed by atoms with E-state index in [0.717, 1.165) is 28.5 Å². The summed E-state index contributed by atoms with van der Waals surface area (Å²) >= 11 is 5.26. The van der Waals surface area contributed by atoms with E-state index in [4.69, 9.17) is 26.4 Å². The van der Waals surface area contributed by atoms with Gasteiger partial charge in [0.15, 0.2) is 16.6 Å². The molecule has 1 heterocycles. The van der Waals surface area contributed by atoms with Crippen molar-refractivity contribution in [3.8, 4) is 17.2 Å². The Balaban J connectivity index is 1.65. The molecular weight excluding hydrogens is 326 g/mol. The molecule has 0 aromatic heterocycles. The summed E-state index contributed by atoms with van der Waals surface area (Å²) in [5.74, 6) is 2.17. The molecule has 7 heteroatoms. The third kappa shape index (κ3) is 3.57. The van der Waals surface area contributed by atoms with Gasteiger partial charge in [0.1, 0.15) is 5.75 Å². The lowest BCUT2D eigenvalue weighted by Crippen LogP contribution is -2.25. The third-order valence-corrected chi connectivity index (χ3v) is 3.66. The van der Waals surface area contributed by atoms with E-state index in [2.05, 4.69) is 15.8 Å². The Morgan fingerprint density at radius 2 is 1.96 bits per heavy atom. The fraction of sp³-hybridized carbons (Fsp3) is 0.176. The normalized spacial score (nSPS) is 12.7. The van der Waals surface area contributed by atoms with Crippen LogP contribution in [0.25, 0.3) is 0 Å². The molecule has 2 aromatic rings. The average molecular weight is 343 g/mol. The highest BCUT2D eigenvalue weighted by Crippen LogP contribution is 2.32. The van der Waals surface area contributed by atoms with E-state index in [1.54, 1.807) is 7.11 Å². The van der Waals surface area contributed by atoms with Crippen molar-refractivity contribution in [1.82, 2.24) is 5.43 Å². The van der Waals surface area contributed by atoms with E-state index in [1.807, 2.05) is 49.4 Å². The van der Waals surface area contributed by atoms with Crippen LogP contribution in [-0.2, 0) is 0 Å². The second-order valence-electron chi connectivity index (χ2n) is 5.03. The van der Waals surface area contributed by atoms with Crippen LogP contribution in [0, 0.1) is 0 Å². The first-order valence-corrected chi connectivity index (χ1v) is 7.72. The topological polar surface area (TPSA) is 64.1 Å². The highest BCUT2D eigenvalue weighted by atomic mass is 32.1. The van der Waals surface area contributed by atoms with E-state index in [-0.39, 0.29) is 6.79 Å². The predicted molar refractivity (Wildman–Crippen MR) is 97.1 cm³/mol. The number of para-hydroxylation sites is 2. The van der Waals surface area contributed by atoms with Gasteiger partial charge in [0.2, 0.25) is 6.79 Å². The number of ether oxygens (including phenoxy) is 3. The van der Waals surface area contributed by atoms with Crippen LogP contribution in [-0.4, -0.2) is 24.7 Å². The van der Waals surface area contributed by atoms with E-state index in [0.29, 0.717) is 10.9 Å². The second kappa shape index (κ2) is 7.18. The molecule has 2 aromatic carbocycles. The molecule has 1 aliphatic rings. The highest BCUT2D eigenvalue weighted by Gasteiger charge is 2.14. The van der Waals surface area contributed by atoms with Gasteiger partial charge in [-0.15, -0.1) is 0 Å². The Kier molecular flexibility index (Phi) is 4.81. The lowest BCUT2D eigenvalue weighted by atomic mass is 10.1. The summed E-state index contributed by atoms with van der Waals surface area (Å²) < 4.78 is 15.9. The van der Waals surface area contributed by atoms with E-state index in [9.17, 15) is 0 Å². The second-order valence-corrected chi connectivity index (χ2v) is 5.44. The van der Waals surface area contributed by atoms with Gasteiger partial charge in [0.25, 0.3) is 0 Å². The zero-order valence-corrected chi connectivity index (χ0v) is 14.1. The molecular formula is C17H17N3O3S. The van der Waals surface area contributed by atoms with Crippen molar-refractivity contribution >= 4 is 28.7 Å². The molecule has 0 atom stereocenters. The summed E-state index contributed by atoms with van der Waals surface area (Å²) in [7, 11) is 1.61. The van der Waals surface area contributed by atoms with Gasteiger partial charge < -0.3 is 19.5 Å². The summed E-state index contributed by atoms with van der Waals surface area (Å²) in [6.45, 7) is 2.14. The molecule has 0 fully saturated rings.